The Labute approximate surface area is 126 Å². The van der Waals surface area contributed by atoms with E-state index >= 15 is 0 Å². The molecule has 104 valence electrons. The van der Waals surface area contributed by atoms with Crippen LogP contribution < -0.4 is 10.6 Å². The minimum absolute atomic E-state index is 0.611. The summed E-state index contributed by atoms with van der Waals surface area (Å²) in [5.41, 5.74) is 7.02. The van der Waals surface area contributed by atoms with Crippen molar-refractivity contribution in [3.8, 4) is 0 Å². The van der Waals surface area contributed by atoms with Crippen LogP contribution in [0.5, 0.6) is 0 Å². The molecule has 0 aliphatic carbocycles. The van der Waals surface area contributed by atoms with E-state index in [2.05, 4.69) is 68.7 Å². The van der Waals surface area contributed by atoms with Gasteiger partial charge in [-0.05, 0) is 74.8 Å². The maximum atomic E-state index is 5.36. The van der Waals surface area contributed by atoms with Crippen LogP contribution >= 0.6 is 12.2 Å². The van der Waals surface area contributed by atoms with E-state index in [0.29, 0.717) is 5.11 Å². The number of nitrogens with one attached hydrogen (secondary N) is 2. The molecule has 0 saturated heterocycles. The van der Waals surface area contributed by atoms with Gasteiger partial charge < -0.3 is 10.6 Å². The van der Waals surface area contributed by atoms with Gasteiger partial charge in [-0.1, -0.05) is 23.8 Å². The van der Waals surface area contributed by atoms with Crippen LogP contribution in [0.15, 0.2) is 36.4 Å². The highest BCUT2D eigenvalue weighted by molar-refractivity contribution is 7.80. The maximum absolute atomic E-state index is 5.36. The highest BCUT2D eigenvalue weighted by Crippen LogP contribution is 2.18. The van der Waals surface area contributed by atoms with Crippen LogP contribution in [0.1, 0.15) is 22.3 Å². The van der Waals surface area contributed by atoms with Crippen molar-refractivity contribution in [2.24, 2.45) is 0 Å². The lowest BCUT2D eigenvalue weighted by Crippen LogP contribution is -2.19. The van der Waals surface area contributed by atoms with Crippen LogP contribution in [0.4, 0.5) is 11.4 Å². The van der Waals surface area contributed by atoms with Crippen LogP contribution in [0.3, 0.4) is 0 Å². The Morgan fingerprint density at radius 2 is 1.55 bits per heavy atom. The number of hydrogen-bond donors (Lipinski definition) is 2. The van der Waals surface area contributed by atoms with Crippen LogP contribution in [-0.4, -0.2) is 5.11 Å². The zero-order valence-electron chi connectivity index (χ0n) is 12.4. The Kier molecular flexibility index (Phi) is 4.40. The lowest BCUT2D eigenvalue weighted by atomic mass is 10.1. The van der Waals surface area contributed by atoms with Crippen LogP contribution in [0.2, 0.25) is 0 Å². The molecule has 3 heteroatoms. The summed E-state index contributed by atoms with van der Waals surface area (Å²) in [4.78, 5) is 0. The van der Waals surface area contributed by atoms with Crippen molar-refractivity contribution >= 4 is 28.7 Å². The van der Waals surface area contributed by atoms with Gasteiger partial charge in [-0.25, -0.2) is 0 Å². The average molecular weight is 284 g/mol. The van der Waals surface area contributed by atoms with E-state index in [1.807, 2.05) is 6.07 Å². The molecule has 0 radical (unpaired) electrons. The normalized spacial score (nSPS) is 10.2. The maximum Gasteiger partial charge on any atom is 0.175 e. The molecule has 2 aromatic carbocycles. The molecule has 0 fully saturated rings. The van der Waals surface area contributed by atoms with Gasteiger partial charge >= 0.3 is 0 Å². The highest BCUT2D eigenvalue weighted by Gasteiger charge is 2.03. The molecule has 0 aliphatic rings. The summed E-state index contributed by atoms with van der Waals surface area (Å²) in [7, 11) is 0. The third-order valence-electron chi connectivity index (χ3n) is 3.39. The van der Waals surface area contributed by atoms with E-state index in [1.165, 1.54) is 22.3 Å². The number of anilines is 2. The van der Waals surface area contributed by atoms with Crippen molar-refractivity contribution in [2.75, 3.05) is 10.6 Å². The molecule has 0 bridgehead atoms. The van der Waals surface area contributed by atoms with Gasteiger partial charge in [-0.3, -0.25) is 0 Å². The molecule has 2 aromatic rings. The predicted octanol–water partition coefficient (Wildman–Crippen LogP) is 4.73. The molecule has 20 heavy (non-hydrogen) atoms. The van der Waals surface area contributed by atoms with Crippen molar-refractivity contribution in [3.63, 3.8) is 0 Å². The first kappa shape index (κ1) is 14.5. The average Bonchev–Trinajstić information content (AvgIpc) is 2.37. The quantitative estimate of drug-likeness (QED) is 0.780. The first-order valence-electron chi connectivity index (χ1n) is 6.68. The lowest BCUT2D eigenvalue weighted by Gasteiger charge is -2.13. The third kappa shape index (κ3) is 3.58. The van der Waals surface area contributed by atoms with E-state index in [0.717, 1.165) is 11.4 Å². The van der Waals surface area contributed by atoms with E-state index in [9.17, 15) is 0 Å². The largest absolute Gasteiger partial charge is 0.332 e. The SMILES string of the molecule is Cc1ccc(NC(=S)Nc2ccc(C)c(C)c2)c(C)c1. The van der Waals surface area contributed by atoms with Crippen LogP contribution in [0, 0.1) is 27.7 Å². The molecule has 2 N–H and O–H groups in total. The van der Waals surface area contributed by atoms with E-state index in [-0.39, 0.29) is 0 Å². The van der Waals surface area contributed by atoms with Gasteiger partial charge in [-0.2, -0.15) is 0 Å². The number of aryl methyl sites for hydroxylation is 4. The number of thiocarbonyl (C=S) groups is 1. The second kappa shape index (κ2) is 6.06. The van der Waals surface area contributed by atoms with Crippen LogP contribution in [-0.2, 0) is 0 Å². The van der Waals surface area contributed by atoms with Gasteiger partial charge in [0.1, 0.15) is 0 Å². The molecule has 0 spiro atoms. The van der Waals surface area contributed by atoms with Gasteiger partial charge in [0.2, 0.25) is 0 Å². The van der Waals surface area contributed by atoms with Crippen molar-refractivity contribution in [1.29, 1.82) is 0 Å². The fraction of sp³-hybridized carbons (Fsp3) is 0.235. The molecule has 0 saturated carbocycles. The van der Waals surface area contributed by atoms with Gasteiger partial charge in [0.15, 0.2) is 5.11 Å². The standard InChI is InChI=1S/C17H20N2S/c1-11-5-8-16(14(4)9-11)19-17(20)18-15-7-6-12(2)13(3)10-15/h5-10H,1-4H3,(H2,18,19,20). The summed E-state index contributed by atoms with van der Waals surface area (Å²) in [5, 5.41) is 7.07. The highest BCUT2D eigenvalue weighted by atomic mass is 32.1. The summed E-state index contributed by atoms with van der Waals surface area (Å²) >= 11 is 5.36. The molecule has 0 atom stereocenters. The Morgan fingerprint density at radius 3 is 2.20 bits per heavy atom. The van der Waals surface area contributed by atoms with Crippen molar-refractivity contribution in [3.05, 3.63) is 58.7 Å². The first-order chi connectivity index (χ1) is 9.45. The first-order valence-corrected chi connectivity index (χ1v) is 7.09. The fourth-order valence-electron chi connectivity index (χ4n) is 2.06. The van der Waals surface area contributed by atoms with Gasteiger partial charge in [-0.15, -0.1) is 0 Å². The number of rotatable bonds is 2. The summed E-state index contributed by atoms with van der Waals surface area (Å²) in [6.45, 7) is 8.36. The van der Waals surface area contributed by atoms with Crippen molar-refractivity contribution in [1.82, 2.24) is 0 Å². The van der Waals surface area contributed by atoms with E-state index in [4.69, 9.17) is 12.2 Å². The Hall–Kier alpha value is -1.87. The van der Waals surface area contributed by atoms with Crippen molar-refractivity contribution < 1.29 is 0 Å². The fourth-order valence-corrected chi connectivity index (χ4v) is 2.29. The predicted molar refractivity (Wildman–Crippen MR) is 91.7 cm³/mol. The molecule has 0 unspecified atom stereocenters. The number of hydrogen-bond acceptors (Lipinski definition) is 1. The third-order valence-corrected chi connectivity index (χ3v) is 3.60. The van der Waals surface area contributed by atoms with Gasteiger partial charge in [0.05, 0.1) is 0 Å². The molecular weight excluding hydrogens is 264 g/mol. The zero-order valence-corrected chi connectivity index (χ0v) is 13.2. The molecule has 0 amide bonds. The molecule has 0 heterocycles. The summed E-state index contributed by atoms with van der Waals surface area (Å²) in [6, 6.07) is 12.5. The minimum atomic E-state index is 0.611. The number of benzene rings is 2. The summed E-state index contributed by atoms with van der Waals surface area (Å²) in [5.74, 6) is 0. The lowest BCUT2D eigenvalue weighted by molar-refractivity contribution is 1.34. The Morgan fingerprint density at radius 1 is 0.800 bits per heavy atom. The van der Waals surface area contributed by atoms with Gasteiger partial charge in [0.25, 0.3) is 0 Å². The van der Waals surface area contributed by atoms with Gasteiger partial charge in [0, 0.05) is 11.4 Å². The Bertz CT molecular complexity index is 647. The Balaban J connectivity index is 2.07. The second-order valence-electron chi connectivity index (χ2n) is 5.20. The smallest absolute Gasteiger partial charge is 0.175 e. The second-order valence-corrected chi connectivity index (χ2v) is 5.60. The summed E-state index contributed by atoms with van der Waals surface area (Å²) < 4.78 is 0. The monoisotopic (exact) mass is 284 g/mol. The zero-order chi connectivity index (χ0) is 14.7. The molecular formula is C17H20N2S. The molecule has 0 aromatic heterocycles. The molecule has 2 nitrogen and oxygen atoms in total. The molecule has 0 aliphatic heterocycles. The molecule has 2 rings (SSSR count). The topological polar surface area (TPSA) is 24.1 Å². The van der Waals surface area contributed by atoms with E-state index in [1.54, 1.807) is 0 Å². The van der Waals surface area contributed by atoms with Crippen molar-refractivity contribution in [2.45, 2.75) is 27.7 Å². The van der Waals surface area contributed by atoms with Crippen LogP contribution in [0.25, 0.3) is 0 Å². The summed E-state index contributed by atoms with van der Waals surface area (Å²) in [6.07, 6.45) is 0. The van der Waals surface area contributed by atoms with E-state index < -0.39 is 0 Å². The minimum Gasteiger partial charge on any atom is -0.332 e.